The Morgan fingerprint density at radius 2 is 1.83 bits per heavy atom. The molecule has 0 heterocycles. The molecule has 0 bridgehead atoms. The highest BCUT2D eigenvalue weighted by Gasteiger charge is 2.17. The van der Waals surface area contributed by atoms with Gasteiger partial charge in [0.1, 0.15) is 0 Å². The summed E-state index contributed by atoms with van der Waals surface area (Å²) in [6.07, 6.45) is 8.85. The third-order valence-electron chi connectivity index (χ3n) is 5.69. The molecule has 2 rings (SSSR count). The molecule has 0 aliphatic heterocycles. The van der Waals surface area contributed by atoms with Crippen molar-refractivity contribution in [2.45, 2.75) is 51.0 Å². The average molecular weight is 402 g/mol. The van der Waals surface area contributed by atoms with Crippen LogP contribution >= 0.6 is 0 Å². The van der Waals surface area contributed by atoms with E-state index in [4.69, 9.17) is 0 Å². The van der Waals surface area contributed by atoms with Gasteiger partial charge < -0.3 is 20.4 Å². The molecule has 0 spiro atoms. The summed E-state index contributed by atoms with van der Waals surface area (Å²) in [5, 5.41) is 6.78. The van der Waals surface area contributed by atoms with Crippen molar-refractivity contribution in [3.05, 3.63) is 35.4 Å². The first-order valence-corrected chi connectivity index (χ1v) is 11.0. The zero-order valence-corrected chi connectivity index (χ0v) is 18.7. The van der Waals surface area contributed by atoms with Gasteiger partial charge >= 0.3 is 0 Å². The van der Waals surface area contributed by atoms with Gasteiger partial charge in [0.05, 0.1) is 0 Å². The van der Waals surface area contributed by atoms with Crippen molar-refractivity contribution >= 4 is 11.9 Å². The van der Waals surface area contributed by atoms with Crippen LogP contribution in [0.2, 0.25) is 0 Å². The third kappa shape index (κ3) is 8.05. The molecule has 0 aromatic heterocycles. The van der Waals surface area contributed by atoms with Gasteiger partial charge in [-0.15, -0.1) is 0 Å². The standard InChI is InChI=1S/C23H39N5O/c1-24-23(25-15-9-17-28(4)21-12-6-5-7-13-21)26-16-14-19-10-8-11-20(18-19)22(29)27(2)3/h8,10-11,18,21H,5-7,9,12-17H2,1-4H3,(H2,24,25,26). The molecule has 1 aliphatic rings. The maximum absolute atomic E-state index is 12.1. The molecular formula is C23H39N5O. The first-order valence-electron chi connectivity index (χ1n) is 11.0. The molecular weight excluding hydrogens is 362 g/mol. The number of aliphatic imine (C=N–C) groups is 1. The molecule has 6 heteroatoms. The van der Waals surface area contributed by atoms with Crippen molar-refractivity contribution in [1.29, 1.82) is 0 Å². The van der Waals surface area contributed by atoms with Crippen LogP contribution in [0.4, 0.5) is 0 Å². The molecule has 162 valence electrons. The number of carbonyl (C=O) groups is 1. The predicted octanol–water partition coefficient (Wildman–Crippen LogP) is 2.75. The van der Waals surface area contributed by atoms with E-state index in [1.165, 1.54) is 32.1 Å². The molecule has 0 saturated heterocycles. The lowest BCUT2D eigenvalue weighted by molar-refractivity contribution is 0.0827. The normalized spacial score (nSPS) is 15.4. The van der Waals surface area contributed by atoms with Crippen molar-refractivity contribution in [1.82, 2.24) is 20.4 Å². The largest absolute Gasteiger partial charge is 0.356 e. The maximum atomic E-state index is 12.1. The number of hydrogen-bond donors (Lipinski definition) is 2. The van der Waals surface area contributed by atoms with Gasteiger partial charge in [-0.25, -0.2) is 0 Å². The van der Waals surface area contributed by atoms with Crippen LogP contribution in [-0.4, -0.2) is 75.5 Å². The Morgan fingerprint density at radius 3 is 2.52 bits per heavy atom. The molecule has 0 radical (unpaired) electrons. The first kappa shape index (κ1) is 23.2. The molecule has 1 aromatic rings. The summed E-state index contributed by atoms with van der Waals surface area (Å²) in [7, 11) is 7.62. The van der Waals surface area contributed by atoms with Crippen molar-refractivity contribution in [2.24, 2.45) is 4.99 Å². The van der Waals surface area contributed by atoms with Gasteiger partial charge in [-0.1, -0.05) is 31.4 Å². The Morgan fingerprint density at radius 1 is 1.10 bits per heavy atom. The van der Waals surface area contributed by atoms with E-state index in [1.54, 1.807) is 26.0 Å². The highest BCUT2D eigenvalue weighted by molar-refractivity contribution is 5.94. The molecule has 1 aromatic carbocycles. The summed E-state index contributed by atoms with van der Waals surface area (Å²) < 4.78 is 0. The third-order valence-corrected chi connectivity index (χ3v) is 5.69. The lowest BCUT2D eigenvalue weighted by Crippen LogP contribution is -2.40. The van der Waals surface area contributed by atoms with Crippen LogP contribution in [0.1, 0.15) is 54.4 Å². The van der Waals surface area contributed by atoms with E-state index < -0.39 is 0 Å². The zero-order valence-electron chi connectivity index (χ0n) is 18.7. The van der Waals surface area contributed by atoms with Crippen LogP contribution in [-0.2, 0) is 6.42 Å². The Kier molecular flexibility index (Phi) is 9.98. The van der Waals surface area contributed by atoms with Crippen LogP contribution in [0, 0.1) is 0 Å². The fourth-order valence-corrected chi connectivity index (χ4v) is 3.90. The Balaban J connectivity index is 1.66. The Bertz CT molecular complexity index is 652. The van der Waals surface area contributed by atoms with Crippen molar-refractivity contribution in [2.75, 3.05) is 47.8 Å². The van der Waals surface area contributed by atoms with Gasteiger partial charge in [-0.2, -0.15) is 0 Å². The van der Waals surface area contributed by atoms with Crippen molar-refractivity contribution in [3.63, 3.8) is 0 Å². The first-order chi connectivity index (χ1) is 14.0. The van der Waals surface area contributed by atoms with E-state index in [2.05, 4.69) is 33.6 Å². The molecule has 29 heavy (non-hydrogen) atoms. The number of nitrogens with zero attached hydrogens (tertiary/aromatic N) is 3. The van der Waals surface area contributed by atoms with E-state index in [0.29, 0.717) is 0 Å². The molecule has 2 N–H and O–H groups in total. The van der Waals surface area contributed by atoms with Gasteiger partial charge in [0.2, 0.25) is 0 Å². The molecule has 1 saturated carbocycles. The molecule has 1 aliphatic carbocycles. The average Bonchev–Trinajstić information content (AvgIpc) is 2.75. The van der Waals surface area contributed by atoms with E-state index >= 15 is 0 Å². The summed E-state index contributed by atoms with van der Waals surface area (Å²) in [6, 6.07) is 8.62. The molecule has 0 unspecified atom stereocenters. The predicted molar refractivity (Wildman–Crippen MR) is 122 cm³/mol. The van der Waals surface area contributed by atoms with Crippen LogP contribution in [0.3, 0.4) is 0 Å². The number of benzene rings is 1. The SMILES string of the molecule is CN=C(NCCCN(C)C1CCCCC1)NCCc1cccc(C(=O)N(C)C)c1. The molecule has 1 amide bonds. The van der Waals surface area contributed by atoms with Crippen LogP contribution in [0.5, 0.6) is 0 Å². The lowest BCUT2D eigenvalue weighted by Gasteiger charge is -2.31. The van der Waals surface area contributed by atoms with Crippen LogP contribution < -0.4 is 10.6 Å². The van der Waals surface area contributed by atoms with Gasteiger partial charge in [0.25, 0.3) is 5.91 Å². The van der Waals surface area contributed by atoms with E-state index in [0.717, 1.165) is 55.6 Å². The second-order valence-corrected chi connectivity index (χ2v) is 8.20. The Hall–Kier alpha value is -2.08. The van der Waals surface area contributed by atoms with Crippen LogP contribution in [0.15, 0.2) is 29.3 Å². The summed E-state index contributed by atoms with van der Waals surface area (Å²) in [4.78, 5) is 20.5. The topological polar surface area (TPSA) is 60.0 Å². The molecule has 6 nitrogen and oxygen atoms in total. The number of amides is 1. The highest BCUT2D eigenvalue weighted by Crippen LogP contribution is 2.21. The summed E-state index contributed by atoms with van der Waals surface area (Å²) in [5.41, 5.74) is 1.88. The minimum atomic E-state index is 0.0375. The fourth-order valence-electron chi connectivity index (χ4n) is 3.90. The van der Waals surface area contributed by atoms with E-state index in [1.807, 2.05) is 18.2 Å². The maximum Gasteiger partial charge on any atom is 0.253 e. The summed E-state index contributed by atoms with van der Waals surface area (Å²) in [6.45, 7) is 2.83. The van der Waals surface area contributed by atoms with Gasteiger partial charge in [0, 0.05) is 45.8 Å². The summed E-state index contributed by atoms with van der Waals surface area (Å²) >= 11 is 0. The fraction of sp³-hybridized carbons (Fsp3) is 0.652. The second kappa shape index (κ2) is 12.5. The minimum absolute atomic E-state index is 0.0375. The molecule has 0 atom stereocenters. The van der Waals surface area contributed by atoms with Crippen molar-refractivity contribution < 1.29 is 4.79 Å². The number of carbonyl (C=O) groups excluding carboxylic acids is 1. The number of hydrogen-bond acceptors (Lipinski definition) is 3. The summed E-state index contributed by atoms with van der Waals surface area (Å²) in [5.74, 6) is 0.876. The number of rotatable bonds is 9. The van der Waals surface area contributed by atoms with Gasteiger partial charge in [-0.3, -0.25) is 9.79 Å². The highest BCUT2D eigenvalue weighted by atomic mass is 16.2. The zero-order chi connectivity index (χ0) is 21.1. The second-order valence-electron chi connectivity index (χ2n) is 8.20. The van der Waals surface area contributed by atoms with E-state index in [9.17, 15) is 4.79 Å². The van der Waals surface area contributed by atoms with Crippen LogP contribution in [0.25, 0.3) is 0 Å². The van der Waals surface area contributed by atoms with Gasteiger partial charge in [-0.05, 0) is 57.0 Å². The number of nitrogens with one attached hydrogen (secondary N) is 2. The van der Waals surface area contributed by atoms with Gasteiger partial charge in [0.15, 0.2) is 5.96 Å². The quantitative estimate of drug-likeness (QED) is 0.379. The Labute approximate surface area is 176 Å². The lowest BCUT2D eigenvalue weighted by atomic mass is 9.94. The van der Waals surface area contributed by atoms with E-state index in [-0.39, 0.29) is 5.91 Å². The minimum Gasteiger partial charge on any atom is -0.356 e. The number of guanidine groups is 1. The monoisotopic (exact) mass is 401 g/mol. The van der Waals surface area contributed by atoms with Crippen molar-refractivity contribution in [3.8, 4) is 0 Å². The smallest absolute Gasteiger partial charge is 0.253 e. The molecule has 1 fully saturated rings.